The van der Waals surface area contributed by atoms with Gasteiger partial charge in [0.25, 0.3) is 0 Å². The lowest BCUT2D eigenvalue weighted by Crippen LogP contribution is -2.41. The molecule has 2 aliphatic rings. The highest BCUT2D eigenvalue weighted by Crippen LogP contribution is 2.24. The van der Waals surface area contributed by atoms with Crippen molar-refractivity contribution in [2.75, 3.05) is 37.7 Å². The second kappa shape index (κ2) is 8.92. The molecule has 1 aliphatic carbocycles. The zero-order valence-electron chi connectivity index (χ0n) is 15.6. The molecule has 0 bridgehead atoms. The minimum absolute atomic E-state index is 0.0579. The van der Waals surface area contributed by atoms with E-state index in [1.165, 1.54) is 32.1 Å². The Morgan fingerprint density at radius 1 is 1.15 bits per heavy atom. The zero-order valence-corrected chi connectivity index (χ0v) is 15.6. The maximum atomic E-state index is 12.6. The molecular weight excluding hydrogens is 330 g/mol. The Morgan fingerprint density at radius 2 is 1.88 bits per heavy atom. The molecule has 142 valence electrons. The molecule has 1 aromatic rings. The fraction of sp³-hybridized carbons (Fsp3) is 0.600. The number of hydrogen-bond donors (Lipinski definition) is 1. The predicted molar refractivity (Wildman–Crippen MR) is 102 cm³/mol. The van der Waals surface area contributed by atoms with Crippen molar-refractivity contribution in [3.63, 3.8) is 0 Å². The minimum atomic E-state index is -0.109. The van der Waals surface area contributed by atoms with E-state index in [1.54, 1.807) is 9.80 Å². The van der Waals surface area contributed by atoms with E-state index < -0.39 is 0 Å². The first-order valence-electron chi connectivity index (χ1n) is 9.73. The molecule has 0 atom stereocenters. The number of carbonyl (C=O) groups is 2. The van der Waals surface area contributed by atoms with Crippen molar-refractivity contribution in [2.24, 2.45) is 5.92 Å². The lowest BCUT2D eigenvalue weighted by atomic mass is 9.89. The molecule has 1 saturated heterocycles. The number of nitrogens with one attached hydrogen (secondary N) is 1. The summed E-state index contributed by atoms with van der Waals surface area (Å²) in [5.74, 6) is 1.33. The van der Waals surface area contributed by atoms with Gasteiger partial charge in [-0.1, -0.05) is 19.3 Å². The third kappa shape index (κ3) is 4.68. The second-order valence-corrected chi connectivity index (χ2v) is 7.09. The predicted octanol–water partition coefficient (Wildman–Crippen LogP) is 3.02. The molecule has 1 aromatic carbocycles. The van der Waals surface area contributed by atoms with Crippen molar-refractivity contribution in [3.8, 4) is 5.75 Å². The third-order valence-corrected chi connectivity index (χ3v) is 5.20. The second-order valence-electron chi connectivity index (χ2n) is 7.09. The van der Waals surface area contributed by atoms with Gasteiger partial charge >= 0.3 is 6.03 Å². The molecule has 3 amide bonds. The monoisotopic (exact) mass is 359 g/mol. The molecule has 0 radical (unpaired) electrons. The Labute approximate surface area is 155 Å². The molecule has 1 N–H and O–H groups in total. The van der Waals surface area contributed by atoms with Gasteiger partial charge in [-0.2, -0.15) is 0 Å². The van der Waals surface area contributed by atoms with E-state index >= 15 is 0 Å². The number of anilines is 1. The van der Waals surface area contributed by atoms with Gasteiger partial charge in [0, 0.05) is 25.3 Å². The van der Waals surface area contributed by atoms with Gasteiger partial charge in [0.05, 0.1) is 6.61 Å². The summed E-state index contributed by atoms with van der Waals surface area (Å²) in [4.78, 5) is 28.1. The summed E-state index contributed by atoms with van der Waals surface area (Å²) in [7, 11) is 0. The highest BCUT2D eigenvalue weighted by atomic mass is 16.5. The summed E-state index contributed by atoms with van der Waals surface area (Å²) in [6.45, 7) is 4.61. The van der Waals surface area contributed by atoms with Crippen molar-refractivity contribution in [1.82, 2.24) is 10.2 Å². The number of ether oxygens (including phenoxy) is 1. The van der Waals surface area contributed by atoms with Crippen molar-refractivity contribution in [3.05, 3.63) is 24.3 Å². The summed E-state index contributed by atoms with van der Waals surface area (Å²) < 4.78 is 5.43. The third-order valence-electron chi connectivity index (χ3n) is 5.20. The van der Waals surface area contributed by atoms with Crippen LogP contribution in [0.25, 0.3) is 0 Å². The summed E-state index contributed by atoms with van der Waals surface area (Å²) in [5, 5.41) is 3.01. The summed E-state index contributed by atoms with van der Waals surface area (Å²) in [6.07, 6.45) is 6.25. The number of benzene rings is 1. The molecule has 1 aliphatic heterocycles. The van der Waals surface area contributed by atoms with Crippen LogP contribution in [0.1, 0.15) is 39.0 Å². The van der Waals surface area contributed by atoms with Gasteiger partial charge < -0.3 is 15.0 Å². The first-order valence-corrected chi connectivity index (χ1v) is 9.73. The fourth-order valence-corrected chi connectivity index (χ4v) is 3.74. The number of urea groups is 1. The average Bonchev–Trinajstić information content (AvgIpc) is 3.02. The Bertz CT molecular complexity index is 611. The smallest absolute Gasteiger partial charge is 0.325 e. The number of nitrogens with zero attached hydrogens (tertiary/aromatic N) is 2. The summed E-state index contributed by atoms with van der Waals surface area (Å²) in [6, 6.07) is 7.39. The molecule has 26 heavy (non-hydrogen) atoms. The Kier molecular flexibility index (Phi) is 6.36. The fourth-order valence-electron chi connectivity index (χ4n) is 3.74. The lowest BCUT2D eigenvalue weighted by molar-refractivity contribution is -0.121. The van der Waals surface area contributed by atoms with Crippen molar-refractivity contribution >= 4 is 17.6 Å². The van der Waals surface area contributed by atoms with E-state index in [0.29, 0.717) is 25.6 Å². The molecule has 1 saturated carbocycles. The maximum Gasteiger partial charge on any atom is 0.325 e. The van der Waals surface area contributed by atoms with Gasteiger partial charge in [0.1, 0.15) is 12.3 Å². The van der Waals surface area contributed by atoms with Crippen molar-refractivity contribution in [1.29, 1.82) is 0 Å². The molecule has 6 nitrogen and oxygen atoms in total. The minimum Gasteiger partial charge on any atom is -0.494 e. The van der Waals surface area contributed by atoms with Gasteiger partial charge in [-0.15, -0.1) is 0 Å². The topological polar surface area (TPSA) is 61.9 Å². The van der Waals surface area contributed by atoms with Gasteiger partial charge in [0.15, 0.2) is 0 Å². The molecule has 0 unspecified atom stereocenters. The van der Waals surface area contributed by atoms with E-state index in [4.69, 9.17) is 4.74 Å². The first kappa shape index (κ1) is 18.5. The standard InChI is InChI=1S/C20H29N3O3/c1-2-26-18-10-8-17(9-11-18)23-13-12-22(20(23)25)15-19(24)21-14-16-6-4-3-5-7-16/h8-11,16H,2-7,12-15H2,1H3,(H,21,24). The van der Waals surface area contributed by atoms with Crippen LogP contribution in [0.2, 0.25) is 0 Å². The highest BCUT2D eigenvalue weighted by Gasteiger charge is 2.30. The van der Waals surface area contributed by atoms with Gasteiger partial charge in [-0.25, -0.2) is 4.79 Å². The Balaban J connectivity index is 1.47. The molecule has 0 aromatic heterocycles. The van der Waals surface area contributed by atoms with E-state index in [1.807, 2.05) is 31.2 Å². The van der Waals surface area contributed by atoms with Crippen LogP contribution < -0.4 is 15.0 Å². The molecule has 6 heteroatoms. The van der Waals surface area contributed by atoms with Gasteiger partial charge in [0.2, 0.25) is 5.91 Å². The Morgan fingerprint density at radius 3 is 2.58 bits per heavy atom. The largest absolute Gasteiger partial charge is 0.494 e. The molecular formula is C20H29N3O3. The van der Waals surface area contributed by atoms with Crippen LogP contribution in [-0.4, -0.2) is 49.6 Å². The number of carbonyl (C=O) groups excluding carboxylic acids is 2. The van der Waals surface area contributed by atoms with Crippen molar-refractivity contribution < 1.29 is 14.3 Å². The summed E-state index contributed by atoms with van der Waals surface area (Å²) >= 11 is 0. The van der Waals surface area contributed by atoms with E-state index in [0.717, 1.165) is 18.0 Å². The van der Waals surface area contributed by atoms with Crippen LogP contribution in [0, 0.1) is 5.92 Å². The SMILES string of the molecule is CCOc1ccc(N2CCN(CC(=O)NCC3CCCCC3)C2=O)cc1. The lowest BCUT2D eigenvalue weighted by Gasteiger charge is -2.23. The van der Waals surface area contributed by atoms with E-state index in [9.17, 15) is 9.59 Å². The normalized spacial score (nSPS) is 18.3. The van der Waals surface area contributed by atoms with Crippen LogP contribution in [0.5, 0.6) is 5.75 Å². The van der Waals surface area contributed by atoms with Crippen molar-refractivity contribution in [2.45, 2.75) is 39.0 Å². The Hall–Kier alpha value is -2.24. The number of rotatable bonds is 7. The van der Waals surface area contributed by atoms with Gasteiger partial charge in [-0.05, 0) is 49.9 Å². The number of hydrogen-bond acceptors (Lipinski definition) is 3. The molecule has 0 spiro atoms. The van der Waals surface area contributed by atoms with E-state index in [2.05, 4.69) is 5.32 Å². The quantitative estimate of drug-likeness (QED) is 0.814. The van der Waals surface area contributed by atoms with Crippen LogP contribution in [-0.2, 0) is 4.79 Å². The maximum absolute atomic E-state index is 12.6. The highest BCUT2D eigenvalue weighted by molar-refractivity contribution is 5.96. The molecule has 3 rings (SSSR count). The number of amides is 3. The average molecular weight is 359 g/mol. The first-order chi connectivity index (χ1) is 12.7. The summed E-state index contributed by atoms with van der Waals surface area (Å²) in [5.41, 5.74) is 0.837. The van der Waals surface area contributed by atoms with Crippen LogP contribution in [0.3, 0.4) is 0 Å². The van der Waals surface area contributed by atoms with Crippen LogP contribution in [0.15, 0.2) is 24.3 Å². The zero-order chi connectivity index (χ0) is 18.4. The van der Waals surface area contributed by atoms with Crippen LogP contribution >= 0.6 is 0 Å². The van der Waals surface area contributed by atoms with Gasteiger partial charge in [-0.3, -0.25) is 9.69 Å². The van der Waals surface area contributed by atoms with E-state index in [-0.39, 0.29) is 18.5 Å². The molecule has 2 fully saturated rings. The van der Waals surface area contributed by atoms with Crippen LogP contribution in [0.4, 0.5) is 10.5 Å². The molecule has 1 heterocycles.